The van der Waals surface area contributed by atoms with E-state index < -0.39 is 0 Å². The van der Waals surface area contributed by atoms with Crippen molar-refractivity contribution in [1.82, 2.24) is 15.1 Å². The molecule has 4 nitrogen and oxygen atoms in total. The van der Waals surface area contributed by atoms with Gasteiger partial charge >= 0.3 is 0 Å². The zero-order valence-electron chi connectivity index (χ0n) is 11.4. The Morgan fingerprint density at radius 2 is 2.39 bits per heavy atom. The highest BCUT2D eigenvalue weighted by atomic mass is 79.9. The molecule has 2 unspecified atom stereocenters. The van der Waals surface area contributed by atoms with Crippen molar-refractivity contribution in [3.8, 4) is 0 Å². The molecule has 0 amide bonds. The van der Waals surface area contributed by atoms with Gasteiger partial charge in [0, 0.05) is 26.2 Å². The second-order valence-electron chi connectivity index (χ2n) is 4.98. The third-order valence-corrected chi connectivity index (χ3v) is 4.68. The monoisotopic (exact) mass is 315 g/mol. The van der Waals surface area contributed by atoms with E-state index in [-0.39, 0.29) is 0 Å². The summed E-state index contributed by atoms with van der Waals surface area (Å²) in [5.41, 5.74) is 2.35. The lowest BCUT2D eigenvalue weighted by atomic mass is 10.0. The lowest BCUT2D eigenvalue weighted by Gasteiger charge is -2.19. The first-order valence-corrected chi connectivity index (χ1v) is 7.44. The summed E-state index contributed by atoms with van der Waals surface area (Å²) in [6, 6.07) is 0.486. The topological polar surface area (TPSA) is 39.1 Å². The molecule has 1 aliphatic rings. The molecule has 0 spiro atoms. The maximum absolute atomic E-state index is 5.43. The Bertz CT molecular complexity index is 399. The van der Waals surface area contributed by atoms with Crippen molar-refractivity contribution in [1.29, 1.82) is 0 Å². The molecule has 0 saturated carbocycles. The summed E-state index contributed by atoms with van der Waals surface area (Å²) < 4.78 is 8.55. The summed E-state index contributed by atoms with van der Waals surface area (Å²) in [6.07, 6.45) is 2.13. The Morgan fingerprint density at radius 3 is 2.94 bits per heavy atom. The molecule has 0 aromatic carbocycles. The predicted molar refractivity (Wildman–Crippen MR) is 75.5 cm³/mol. The van der Waals surface area contributed by atoms with Crippen molar-refractivity contribution in [3.63, 3.8) is 0 Å². The first kappa shape index (κ1) is 14.0. The van der Waals surface area contributed by atoms with Gasteiger partial charge in [0.25, 0.3) is 0 Å². The molecule has 18 heavy (non-hydrogen) atoms. The van der Waals surface area contributed by atoms with Crippen LogP contribution in [0.4, 0.5) is 0 Å². The van der Waals surface area contributed by atoms with Gasteiger partial charge in [-0.2, -0.15) is 5.10 Å². The molecule has 1 saturated heterocycles. The number of rotatable bonds is 5. The lowest BCUT2D eigenvalue weighted by Crippen LogP contribution is -2.34. The minimum Gasteiger partial charge on any atom is -0.381 e. The van der Waals surface area contributed by atoms with Crippen LogP contribution in [0, 0.1) is 5.92 Å². The number of hydrogen-bond donors (Lipinski definition) is 1. The fraction of sp³-hybridized carbons (Fsp3) is 0.769. The molecular formula is C13H22BrN3O. The molecule has 0 radical (unpaired) electrons. The molecule has 2 atom stereocenters. The molecule has 0 bridgehead atoms. The number of aryl methyl sites for hydroxylation is 2. The van der Waals surface area contributed by atoms with Crippen LogP contribution in [0.3, 0.4) is 0 Å². The predicted octanol–water partition coefficient (Wildman–Crippen LogP) is 2.26. The van der Waals surface area contributed by atoms with Gasteiger partial charge < -0.3 is 10.1 Å². The minimum absolute atomic E-state index is 0.486. The van der Waals surface area contributed by atoms with Crippen LogP contribution in [0.15, 0.2) is 4.47 Å². The Morgan fingerprint density at radius 1 is 1.61 bits per heavy atom. The van der Waals surface area contributed by atoms with Crippen LogP contribution in [0.25, 0.3) is 0 Å². The second-order valence-corrected chi connectivity index (χ2v) is 5.77. The molecule has 102 valence electrons. The zero-order chi connectivity index (χ0) is 13.1. The fourth-order valence-electron chi connectivity index (χ4n) is 2.38. The highest BCUT2D eigenvalue weighted by molar-refractivity contribution is 9.10. The van der Waals surface area contributed by atoms with Crippen LogP contribution in [-0.4, -0.2) is 29.0 Å². The molecule has 5 heteroatoms. The lowest BCUT2D eigenvalue weighted by molar-refractivity contribution is 0.178. The van der Waals surface area contributed by atoms with Crippen molar-refractivity contribution in [2.75, 3.05) is 13.2 Å². The van der Waals surface area contributed by atoms with Gasteiger partial charge in [-0.3, -0.25) is 4.68 Å². The molecule has 1 N–H and O–H groups in total. The first-order valence-electron chi connectivity index (χ1n) is 6.64. The van der Waals surface area contributed by atoms with Gasteiger partial charge in [-0.25, -0.2) is 0 Å². The molecule has 1 fully saturated rings. The number of hydrogen-bond acceptors (Lipinski definition) is 3. The van der Waals surface area contributed by atoms with E-state index in [1.165, 1.54) is 12.1 Å². The minimum atomic E-state index is 0.486. The van der Waals surface area contributed by atoms with Crippen LogP contribution >= 0.6 is 15.9 Å². The zero-order valence-corrected chi connectivity index (χ0v) is 13.0. The average molecular weight is 316 g/mol. The van der Waals surface area contributed by atoms with Gasteiger partial charge in [0.05, 0.1) is 22.5 Å². The van der Waals surface area contributed by atoms with Crippen molar-refractivity contribution in [2.45, 2.75) is 39.3 Å². The van der Waals surface area contributed by atoms with E-state index in [9.17, 15) is 0 Å². The number of halogens is 1. The van der Waals surface area contributed by atoms with E-state index >= 15 is 0 Å². The third-order valence-electron chi connectivity index (χ3n) is 3.77. The summed E-state index contributed by atoms with van der Waals surface area (Å²) in [6.45, 7) is 7.02. The van der Waals surface area contributed by atoms with Crippen molar-refractivity contribution < 1.29 is 4.74 Å². The van der Waals surface area contributed by atoms with Gasteiger partial charge in [-0.15, -0.1) is 0 Å². The quantitative estimate of drug-likeness (QED) is 0.906. The van der Waals surface area contributed by atoms with Crippen LogP contribution in [-0.2, 0) is 24.8 Å². The highest BCUT2D eigenvalue weighted by Gasteiger charge is 2.22. The molecule has 0 aliphatic carbocycles. The van der Waals surface area contributed by atoms with Gasteiger partial charge in [-0.1, -0.05) is 6.92 Å². The van der Waals surface area contributed by atoms with E-state index in [1.54, 1.807) is 0 Å². The second kappa shape index (κ2) is 6.17. The summed E-state index contributed by atoms with van der Waals surface area (Å²) in [5.74, 6) is 0.641. The van der Waals surface area contributed by atoms with Crippen LogP contribution in [0.5, 0.6) is 0 Å². The molecule has 2 heterocycles. The molecular weight excluding hydrogens is 294 g/mol. The van der Waals surface area contributed by atoms with Gasteiger partial charge in [0.15, 0.2) is 0 Å². The Balaban J connectivity index is 1.95. The Hall–Kier alpha value is -0.390. The highest BCUT2D eigenvalue weighted by Crippen LogP contribution is 2.22. The van der Waals surface area contributed by atoms with Gasteiger partial charge in [0.1, 0.15) is 0 Å². The van der Waals surface area contributed by atoms with Crippen LogP contribution < -0.4 is 5.32 Å². The summed E-state index contributed by atoms with van der Waals surface area (Å²) >= 11 is 3.65. The van der Waals surface area contributed by atoms with E-state index in [4.69, 9.17) is 4.74 Å². The van der Waals surface area contributed by atoms with E-state index in [0.717, 1.165) is 36.3 Å². The summed E-state index contributed by atoms with van der Waals surface area (Å²) in [7, 11) is 2.00. The summed E-state index contributed by atoms with van der Waals surface area (Å²) in [5, 5.41) is 8.10. The third kappa shape index (κ3) is 2.95. The molecule has 1 aromatic heterocycles. The maximum Gasteiger partial charge on any atom is 0.0767 e. The maximum atomic E-state index is 5.43. The normalized spacial score (nSPS) is 21.4. The smallest absolute Gasteiger partial charge is 0.0767 e. The van der Waals surface area contributed by atoms with Gasteiger partial charge in [-0.05, 0) is 41.6 Å². The SMILES string of the molecule is CCc1nn(C)c(CNC(C)C2CCOC2)c1Br. The van der Waals surface area contributed by atoms with Crippen molar-refractivity contribution in [3.05, 3.63) is 15.9 Å². The van der Waals surface area contributed by atoms with Crippen LogP contribution in [0.1, 0.15) is 31.7 Å². The number of nitrogens with one attached hydrogen (secondary N) is 1. The Labute approximate surface area is 117 Å². The standard InChI is InChI=1S/C13H22BrN3O/c1-4-11-13(14)12(17(3)16-11)7-15-9(2)10-5-6-18-8-10/h9-10,15H,4-8H2,1-3H3. The van der Waals surface area contributed by atoms with Gasteiger partial charge in [0.2, 0.25) is 0 Å². The largest absolute Gasteiger partial charge is 0.381 e. The Kier molecular flexibility index (Phi) is 4.81. The van der Waals surface area contributed by atoms with Crippen LogP contribution in [0.2, 0.25) is 0 Å². The molecule has 1 aromatic rings. The van der Waals surface area contributed by atoms with E-state index in [1.807, 2.05) is 11.7 Å². The summed E-state index contributed by atoms with van der Waals surface area (Å²) in [4.78, 5) is 0. The fourth-order valence-corrected chi connectivity index (χ4v) is 3.14. The average Bonchev–Trinajstić information content (AvgIpc) is 2.96. The molecule has 1 aliphatic heterocycles. The molecule has 2 rings (SSSR count). The number of nitrogens with zero attached hydrogens (tertiary/aromatic N) is 2. The van der Waals surface area contributed by atoms with E-state index in [0.29, 0.717) is 12.0 Å². The first-order chi connectivity index (χ1) is 8.63. The van der Waals surface area contributed by atoms with Crippen molar-refractivity contribution >= 4 is 15.9 Å². The van der Waals surface area contributed by atoms with Crippen molar-refractivity contribution in [2.24, 2.45) is 13.0 Å². The number of ether oxygens (including phenoxy) is 1. The number of aromatic nitrogens is 2. The van der Waals surface area contributed by atoms with E-state index in [2.05, 4.69) is 40.2 Å².